The summed E-state index contributed by atoms with van der Waals surface area (Å²) in [4.78, 5) is 12.1. The van der Waals surface area contributed by atoms with Crippen LogP contribution in [0.25, 0.3) is 0 Å². The summed E-state index contributed by atoms with van der Waals surface area (Å²) in [5, 5.41) is 3.08. The van der Waals surface area contributed by atoms with Crippen molar-refractivity contribution in [3.05, 3.63) is 22.7 Å². The maximum atomic E-state index is 12.1. The van der Waals surface area contributed by atoms with E-state index in [4.69, 9.17) is 21.1 Å². The molecule has 1 N–H and O–H groups in total. The molecule has 0 radical (unpaired) electrons. The number of carbonyl (C=O) groups excluding carboxylic acids is 1. The first-order valence-electron chi connectivity index (χ1n) is 6.84. The Bertz CT molecular complexity index is 550. The minimum atomic E-state index is -0.894. The number of rotatable bonds is 5. The van der Waals surface area contributed by atoms with E-state index in [9.17, 15) is 9.00 Å². The summed E-state index contributed by atoms with van der Waals surface area (Å²) in [5.74, 6) is 1.74. The number of benzene rings is 1. The van der Waals surface area contributed by atoms with Gasteiger partial charge in [-0.2, -0.15) is 0 Å². The average molecular weight is 332 g/mol. The predicted octanol–water partition coefficient (Wildman–Crippen LogP) is 2.00. The Balaban J connectivity index is 2.06. The molecule has 1 atom stereocenters. The first kappa shape index (κ1) is 16.1. The highest BCUT2D eigenvalue weighted by atomic mass is 35.5. The van der Waals surface area contributed by atoms with Gasteiger partial charge in [0.1, 0.15) is 0 Å². The molecule has 1 aliphatic heterocycles. The lowest BCUT2D eigenvalue weighted by atomic mass is 10.2. The summed E-state index contributed by atoms with van der Waals surface area (Å²) in [6.45, 7) is 3.29. The number of nitrogens with one attached hydrogen (secondary N) is 1. The van der Waals surface area contributed by atoms with E-state index in [0.717, 1.165) is 6.42 Å². The SMILES string of the molecule is CC[S@@](=O)CCNC(=O)c1cc(Cl)c2c(c1)OCCCO2. The van der Waals surface area contributed by atoms with Gasteiger partial charge in [-0.05, 0) is 12.1 Å². The Hall–Kier alpha value is -1.27. The first-order chi connectivity index (χ1) is 10.1. The van der Waals surface area contributed by atoms with Crippen LogP contribution in [-0.4, -0.2) is 41.4 Å². The lowest BCUT2D eigenvalue weighted by Gasteiger charge is -2.11. The molecule has 21 heavy (non-hydrogen) atoms. The van der Waals surface area contributed by atoms with Crippen LogP contribution < -0.4 is 14.8 Å². The van der Waals surface area contributed by atoms with Gasteiger partial charge in [0, 0.05) is 40.8 Å². The van der Waals surface area contributed by atoms with Gasteiger partial charge in [-0.1, -0.05) is 18.5 Å². The van der Waals surface area contributed by atoms with Crippen LogP contribution in [0.15, 0.2) is 12.1 Å². The summed E-state index contributed by atoms with van der Waals surface area (Å²) in [5.41, 5.74) is 0.409. The van der Waals surface area contributed by atoms with Crippen molar-refractivity contribution in [2.75, 3.05) is 31.3 Å². The van der Waals surface area contributed by atoms with Crippen molar-refractivity contribution < 1.29 is 18.5 Å². The van der Waals surface area contributed by atoms with Gasteiger partial charge >= 0.3 is 0 Å². The van der Waals surface area contributed by atoms with Gasteiger partial charge in [-0.25, -0.2) is 0 Å². The van der Waals surface area contributed by atoms with Gasteiger partial charge in [0.05, 0.1) is 18.2 Å². The number of amides is 1. The van der Waals surface area contributed by atoms with Crippen LogP contribution in [0, 0.1) is 0 Å². The highest BCUT2D eigenvalue weighted by molar-refractivity contribution is 7.84. The monoisotopic (exact) mass is 331 g/mol. The number of carbonyl (C=O) groups is 1. The molecule has 7 heteroatoms. The minimum Gasteiger partial charge on any atom is -0.489 e. The molecule has 1 aromatic carbocycles. The highest BCUT2D eigenvalue weighted by Crippen LogP contribution is 2.37. The van der Waals surface area contributed by atoms with Crippen molar-refractivity contribution in [1.29, 1.82) is 0 Å². The molecule has 0 spiro atoms. The van der Waals surface area contributed by atoms with Crippen LogP contribution in [0.2, 0.25) is 5.02 Å². The summed E-state index contributed by atoms with van der Waals surface area (Å²) in [6.07, 6.45) is 0.773. The highest BCUT2D eigenvalue weighted by Gasteiger charge is 2.18. The zero-order valence-electron chi connectivity index (χ0n) is 11.8. The zero-order valence-corrected chi connectivity index (χ0v) is 13.4. The molecule has 0 saturated heterocycles. The van der Waals surface area contributed by atoms with Gasteiger partial charge in [0.2, 0.25) is 0 Å². The smallest absolute Gasteiger partial charge is 0.251 e. The third-order valence-electron chi connectivity index (χ3n) is 3.00. The molecule has 2 rings (SSSR count). The molecule has 5 nitrogen and oxygen atoms in total. The molecule has 1 heterocycles. The number of halogens is 1. The van der Waals surface area contributed by atoms with Crippen LogP contribution >= 0.6 is 11.6 Å². The van der Waals surface area contributed by atoms with E-state index >= 15 is 0 Å². The molecular weight excluding hydrogens is 314 g/mol. The standard InChI is InChI=1S/C14H18ClNO4S/c1-2-21(18)7-4-16-14(17)10-8-11(15)13-12(9-10)19-5-3-6-20-13/h8-9H,2-7H2,1H3,(H,16,17)/t21-/m1/s1. The molecule has 0 saturated carbocycles. The van der Waals surface area contributed by atoms with Gasteiger partial charge in [-0.3, -0.25) is 9.00 Å². The molecule has 1 amide bonds. The lowest BCUT2D eigenvalue weighted by molar-refractivity contribution is 0.0955. The third-order valence-corrected chi connectivity index (χ3v) is 4.59. The van der Waals surface area contributed by atoms with Crippen LogP contribution in [0.4, 0.5) is 0 Å². The van der Waals surface area contributed by atoms with Crippen molar-refractivity contribution in [2.24, 2.45) is 0 Å². The Kier molecular flexibility index (Phi) is 5.87. The minimum absolute atomic E-state index is 0.263. The molecule has 0 bridgehead atoms. The van der Waals surface area contributed by atoms with Crippen LogP contribution in [0.3, 0.4) is 0 Å². The van der Waals surface area contributed by atoms with E-state index in [1.165, 1.54) is 0 Å². The van der Waals surface area contributed by atoms with Crippen LogP contribution in [-0.2, 0) is 10.8 Å². The van der Waals surface area contributed by atoms with E-state index in [1.807, 2.05) is 6.92 Å². The summed E-state index contributed by atoms with van der Waals surface area (Å²) in [6, 6.07) is 3.18. The topological polar surface area (TPSA) is 64.6 Å². The molecule has 1 aromatic rings. The van der Waals surface area contributed by atoms with Crippen molar-refractivity contribution in [3.63, 3.8) is 0 Å². The zero-order chi connectivity index (χ0) is 15.2. The number of fused-ring (bicyclic) bond motifs is 1. The normalized spacial score (nSPS) is 15.1. The number of hydrogen-bond acceptors (Lipinski definition) is 4. The van der Waals surface area contributed by atoms with Crippen molar-refractivity contribution in [1.82, 2.24) is 5.32 Å². The lowest BCUT2D eigenvalue weighted by Crippen LogP contribution is -2.28. The van der Waals surface area contributed by atoms with Gasteiger partial charge in [-0.15, -0.1) is 0 Å². The van der Waals surface area contributed by atoms with Crippen LogP contribution in [0.5, 0.6) is 11.5 Å². The van der Waals surface area contributed by atoms with Gasteiger partial charge in [0.15, 0.2) is 11.5 Å². The second kappa shape index (κ2) is 7.66. The summed E-state index contributed by atoms with van der Waals surface area (Å²) in [7, 11) is -0.894. The molecular formula is C14H18ClNO4S. The largest absolute Gasteiger partial charge is 0.489 e. The Morgan fingerprint density at radius 2 is 2.14 bits per heavy atom. The fourth-order valence-electron chi connectivity index (χ4n) is 1.89. The summed E-state index contributed by atoms with van der Waals surface area (Å²) < 4.78 is 22.4. The molecule has 0 fully saturated rings. The van der Waals surface area contributed by atoms with Gasteiger partial charge < -0.3 is 14.8 Å². The summed E-state index contributed by atoms with van der Waals surface area (Å²) >= 11 is 6.14. The average Bonchev–Trinajstić information content (AvgIpc) is 2.72. The maximum absolute atomic E-state index is 12.1. The molecule has 0 aromatic heterocycles. The molecule has 116 valence electrons. The van der Waals surface area contributed by atoms with Crippen molar-refractivity contribution >= 4 is 28.3 Å². The Morgan fingerprint density at radius 3 is 2.90 bits per heavy atom. The fourth-order valence-corrected chi connectivity index (χ4v) is 2.77. The Morgan fingerprint density at radius 1 is 1.38 bits per heavy atom. The Labute approximate surface area is 131 Å². The second-order valence-electron chi connectivity index (χ2n) is 4.52. The number of ether oxygens (including phenoxy) is 2. The van der Waals surface area contributed by atoms with Gasteiger partial charge in [0.25, 0.3) is 5.91 Å². The molecule has 0 aliphatic carbocycles. The van der Waals surface area contributed by atoms with Crippen molar-refractivity contribution in [3.8, 4) is 11.5 Å². The predicted molar refractivity (Wildman–Crippen MR) is 82.9 cm³/mol. The molecule has 0 unspecified atom stereocenters. The van der Waals surface area contributed by atoms with E-state index in [2.05, 4.69) is 5.32 Å². The third kappa shape index (κ3) is 4.35. The maximum Gasteiger partial charge on any atom is 0.251 e. The second-order valence-corrected chi connectivity index (χ2v) is 6.80. The van der Waals surface area contributed by atoms with E-state index in [1.54, 1.807) is 12.1 Å². The van der Waals surface area contributed by atoms with Crippen molar-refractivity contribution in [2.45, 2.75) is 13.3 Å². The van der Waals surface area contributed by atoms with Crippen LogP contribution in [0.1, 0.15) is 23.7 Å². The van der Waals surface area contributed by atoms with E-state index < -0.39 is 10.8 Å². The quantitative estimate of drug-likeness (QED) is 0.896. The van der Waals surface area contributed by atoms with E-state index in [-0.39, 0.29) is 5.91 Å². The number of hydrogen-bond donors (Lipinski definition) is 1. The van der Waals surface area contributed by atoms with E-state index in [0.29, 0.717) is 53.3 Å². The fraction of sp³-hybridized carbons (Fsp3) is 0.500. The first-order valence-corrected chi connectivity index (χ1v) is 8.70. The molecule has 1 aliphatic rings.